The van der Waals surface area contributed by atoms with E-state index in [0.29, 0.717) is 28.1 Å². The predicted molar refractivity (Wildman–Crippen MR) is 84.7 cm³/mol. The van der Waals surface area contributed by atoms with Gasteiger partial charge in [-0.25, -0.2) is 4.79 Å². The average molecular weight is 376 g/mol. The van der Waals surface area contributed by atoms with Gasteiger partial charge in [0.25, 0.3) is 0 Å². The van der Waals surface area contributed by atoms with Crippen LogP contribution in [0.5, 0.6) is 0 Å². The fraction of sp³-hybridized carbons (Fsp3) is 0.429. The topological polar surface area (TPSA) is 69.6 Å². The molecule has 1 aromatic carbocycles. The van der Waals surface area contributed by atoms with Crippen LogP contribution in [-0.4, -0.2) is 35.1 Å². The summed E-state index contributed by atoms with van der Waals surface area (Å²) in [7, 11) is 0. The van der Waals surface area contributed by atoms with E-state index in [1.165, 1.54) is 0 Å². The standard InChI is InChI=1S/C14H16BrClN2O3/c1-8-4-9(13(19)20)7-18(6-8)14(21)17-12-3-2-10(16)5-11(12)15/h2-3,5,8-9H,4,6-7H2,1H3,(H,17,21)(H,19,20). The third kappa shape index (κ3) is 4.11. The quantitative estimate of drug-likeness (QED) is 0.828. The lowest BCUT2D eigenvalue weighted by Gasteiger charge is -2.34. The number of nitrogens with zero attached hydrogens (tertiary/aromatic N) is 1. The zero-order valence-electron chi connectivity index (χ0n) is 11.5. The maximum absolute atomic E-state index is 12.3. The first-order valence-corrected chi connectivity index (χ1v) is 7.77. The zero-order chi connectivity index (χ0) is 15.6. The number of likely N-dealkylation sites (tertiary alicyclic amines) is 1. The molecule has 114 valence electrons. The van der Waals surface area contributed by atoms with Crippen LogP contribution in [0.3, 0.4) is 0 Å². The van der Waals surface area contributed by atoms with E-state index in [1.54, 1.807) is 23.1 Å². The summed E-state index contributed by atoms with van der Waals surface area (Å²) in [5.74, 6) is -1.19. The van der Waals surface area contributed by atoms with Gasteiger partial charge in [0.2, 0.25) is 0 Å². The molecule has 5 nitrogen and oxygen atoms in total. The lowest BCUT2D eigenvalue weighted by atomic mass is 9.91. The highest BCUT2D eigenvalue weighted by molar-refractivity contribution is 9.10. The summed E-state index contributed by atoms with van der Waals surface area (Å²) < 4.78 is 0.684. The molecule has 1 heterocycles. The summed E-state index contributed by atoms with van der Waals surface area (Å²) >= 11 is 9.19. The van der Waals surface area contributed by atoms with Crippen LogP contribution in [0.15, 0.2) is 22.7 Å². The Bertz CT molecular complexity index is 567. The monoisotopic (exact) mass is 374 g/mol. The molecule has 0 bridgehead atoms. The molecule has 2 unspecified atom stereocenters. The van der Waals surface area contributed by atoms with Gasteiger partial charge in [0.1, 0.15) is 0 Å². The molecule has 0 aliphatic carbocycles. The van der Waals surface area contributed by atoms with Crippen LogP contribution in [0, 0.1) is 11.8 Å². The van der Waals surface area contributed by atoms with Gasteiger partial charge in [-0.3, -0.25) is 4.79 Å². The molecule has 2 N–H and O–H groups in total. The summed E-state index contributed by atoms with van der Waals surface area (Å²) in [6.07, 6.45) is 0.601. The van der Waals surface area contributed by atoms with Crippen LogP contribution < -0.4 is 5.32 Å². The number of carbonyl (C=O) groups excluding carboxylic acids is 1. The Balaban J connectivity index is 2.07. The number of amides is 2. The van der Waals surface area contributed by atoms with Gasteiger partial charge in [-0.15, -0.1) is 0 Å². The highest BCUT2D eigenvalue weighted by atomic mass is 79.9. The Morgan fingerprint density at radius 2 is 2.14 bits per heavy atom. The van der Waals surface area contributed by atoms with E-state index in [4.69, 9.17) is 16.7 Å². The number of aliphatic carboxylic acids is 1. The van der Waals surface area contributed by atoms with Crippen molar-refractivity contribution in [2.75, 3.05) is 18.4 Å². The number of hydrogen-bond donors (Lipinski definition) is 2. The van der Waals surface area contributed by atoms with Crippen molar-refractivity contribution in [3.05, 3.63) is 27.7 Å². The van der Waals surface area contributed by atoms with Crippen LogP contribution in [0.25, 0.3) is 0 Å². The Hall–Kier alpha value is -1.27. The van der Waals surface area contributed by atoms with Gasteiger partial charge in [-0.05, 0) is 46.5 Å². The first-order chi connectivity index (χ1) is 9.86. The van der Waals surface area contributed by atoms with E-state index in [1.807, 2.05) is 6.92 Å². The molecular formula is C14H16BrClN2O3. The van der Waals surface area contributed by atoms with Crippen LogP contribution >= 0.6 is 27.5 Å². The molecule has 0 saturated carbocycles. The molecule has 0 aromatic heterocycles. The minimum absolute atomic E-state index is 0.166. The molecule has 0 spiro atoms. The smallest absolute Gasteiger partial charge is 0.321 e. The van der Waals surface area contributed by atoms with Crippen LogP contribution in [0.2, 0.25) is 5.02 Å². The zero-order valence-corrected chi connectivity index (χ0v) is 13.8. The molecule has 1 fully saturated rings. The van der Waals surface area contributed by atoms with E-state index >= 15 is 0 Å². The predicted octanol–water partition coefficient (Wildman–Crippen LogP) is 3.68. The van der Waals surface area contributed by atoms with Crippen molar-refractivity contribution in [3.8, 4) is 0 Å². The van der Waals surface area contributed by atoms with Gasteiger partial charge in [-0.2, -0.15) is 0 Å². The van der Waals surface area contributed by atoms with Crippen molar-refractivity contribution in [2.24, 2.45) is 11.8 Å². The van der Waals surface area contributed by atoms with Crippen molar-refractivity contribution in [2.45, 2.75) is 13.3 Å². The third-order valence-corrected chi connectivity index (χ3v) is 4.36. The second-order valence-corrected chi connectivity index (χ2v) is 6.63. The van der Waals surface area contributed by atoms with Crippen molar-refractivity contribution >= 4 is 45.2 Å². The van der Waals surface area contributed by atoms with Gasteiger partial charge >= 0.3 is 12.0 Å². The Kier molecular flexibility index (Phi) is 5.11. The van der Waals surface area contributed by atoms with Crippen molar-refractivity contribution in [1.29, 1.82) is 0 Å². The third-order valence-electron chi connectivity index (χ3n) is 3.47. The molecular weight excluding hydrogens is 360 g/mol. The van der Waals surface area contributed by atoms with E-state index in [2.05, 4.69) is 21.2 Å². The Morgan fingerprint density at radius 3 is 2.76 bits per heavy atom. The number of anilines is 1. The molecule has 7 heteroatoms. The summed E-state index contributed by atoms with van der Waals surface area (Å²) in [4.78, 5) is 25.0. The normalized spacial score (nSPS) is 22.0. The largest absolute Gasteiger partial charge is 0.481 e. The molecule has 2 amide bonds. The molecule has 1 aliphatic rings. The first kappa shape index (κ1) is 16.1. The van der Waals surface area contributed by atoms with Crippen LogP contribution in [-0.2, 0) is 4.79 Å². The number of urea groups is 1. The van der Waals surface area contributed by atoms with Gasteiger partial charge in [0.05, 0.1) is 11.6 Å². The van der Waals surface area contributed by atoms with Crippen LogP contribution in [0.4, 0.5) is 10.5 Å². The first-order valence-electron chi connectivity index (χ1n) is 6.60. The molecule has 1 aliphatic heterocycles. The van der Waals surface area contributed by atoms with E-state index in [-0.39, 0.29) is 18.5 Å². The maximum atomic E-state index is 12.3. The Morgan fingerprint density at radius 1 is 1.43 bits per heavy atom. The SMILES string of the molecule is CC1CC(C(=O)O)CN(C(=O)Nc2ccc(Cl)cc2Br)C1. The summed E-state index contributed by atoms with van der Waals surface area (Å²) in [6, 6.07) is 4.78. The Labute approximate surface area is 136 Å². The number of benzene rings is 1. The number of rotatable bonds is 2. The maximum Gasteiger partial charge on any atom is 0.321 e. The molecule has 1 saturated heterocycles. The highest BCUT2D eigenvalue weighted by Crippen LogP contribution is 2.27. The lowest BCUT2D eigenvalue weighted by molar-refractivity contribution is -0.143. The van der Waals surface area contributed by atoms with Crippen molar-refractivity contribution in [3.63, 3.8) is 0 Å². The van der Waals surface area contributed by atoms with E-state index < -0.39 is 11.9 Å². The van der Waals surface area contributed by atoms with Crippen molar-refractivity contribution in [1.82, 2.24) is 4.90 Å². The summed E-state index contributed by atoms with van der Waals surface area (Å²) in [5.41, 5.74) is 0.606. The summed E-state index contributed by atoms with van der Waals surface area (Å²) in [5, 5.41) is 12.5. The van der Waals surface area contributed by atoms with Crippen molar-refractivity contribution < 1.29 is 14.7 Å². The molecule has 1 aromatic rings. The van der Waals surface area contributed by atoms with Gasteiger partial charge in [0.15, 0.2) is 0 Å². The van der Waals surface area contributed by atoms with Gasteiger partial charge < -0.3 is 15.3 Å². The minimum Gasteiger partial charge on any atom is -0.481 e. The molecule has 0 radical (unpaired) electrons. The van der Waals surface area contributed by atoms with Gasteiger partial charge in [-0.1, -0.05) is 18.5 Å². The minimum atomic E-state index is -0.855. The fourth-order valence-electron chi connectivity index (χ4n) is 2.48. The highest BCUT2D eigenvalue weighted by Gasteiger charge is 2.32. The lowest BCUT2D eigenvalue weighted by Crippen LogP contribution is -2.47. The van der Waals surface area contributed by atoms with E-state index in [0.717, 1.165) is 0 Å². The summed E-state index contributed by atoms with van der Waals surface area (Å²) in [6.45, 7) is 2.74. The number of carboxylic acids is 1. The van der Waals surface area contributed by atoms with E-state index in [9.17, 15) is 9.59 Å². The number of carbonyl (C=O) groups is 2. The second-order valence-electron chi connectivity index (χ2n) is 5.34. The molecule has 2 atom stereocenters. The number of halogens is 2. The van der Waals surface area contributed by atoms with Crippen LogP contribution in [0.1, 0.15) is 13.3 Å². The number of carboxylic acid groups (broad SMARTS) is 1. The molecule has 21 heavy (non-hydrogen) atoms. The second kappa shape index (κ2) is 6.66. The van der Waals surface area contributed by atoms with Gasteiger partial charge in [0, 0.05) is 22.6 Å². The number of piperidine rings is 1. The fourth-order valence-corrected chi connectivity index (χ4v) is 3.26. The number of nitrogens with one attached hydrogen (secondary N) is 1. The number of hydrogen-bond acceptors (Lipinski definition) is 2. The molecule has 2 rings (SSSR count). The average Bonchev–Trinajstić information content (AvgIpc) is 2.41.